The maximum atomic E-state index is 11.2. The molecule has 0 radical (unpaired) electrons. The van der Waals surface area contributed by atoms with E-state index in [1.165, 1.54) is 0 Å². The van der Waals surface area contributed by atoms with E-state index in [1.54, 1.807) is 0 Å². The van der Waals surface area contributed by atoms with Crippen LogP contribution in [-0.4, -0.2) is 24.9 Å². The van der Waals surface area contributed by atoms with Gasteiger partial charge >= 0.3 is 0 Å². The van der Waals surface area contributed by atoms with Crippen LogP contribution in [0.1, 0.15) is 42.9 Å². The zero-order valence-electron chi connectivity index (χ0n) is 9.93. The van der Waals surface area contributed by atoms with Crippen LogP contribution in [0.15, 0.2) is 0 Å². The third-order valence-corrected chi connectivity index (χ3v) is 1.84. The van der Waals surface area contributed by atoms with Gasteiger partial charge in [-0.1, -0.05) is 20.8 Å². The lowest BCUT2D eigenvalue weighted by atomic mass is 10.1. The number of amides is 2. The Bertz CT molecular complexity index is 212. The monoisotopic (exact) mass is 218 g/mol. The second-order valence-corrected chi connectivity index (χ2v) is 4.05. The Morgan fingerprint density at radius 1 is 1.13 bits per heavy atom. The number of carbonyl (C=O) groups excluding carboxylic acids is 2. The number of carbonyl (C=O) groups is 2. The number of hydrogen-bond donors (Lipinski definition) is 2. The lowest BCUT2D eigenvalue weighted by Crippen LogP contribution is -2.34. The maximum Gasteiger partial charge on any atom is 0.220 e. The highest BCUT2D eigenvalue weighted by atomic mass is 16.2. The predicted octanol–water partition coefficient (Wildman–Crippen LogP) is 1.56. The molecule has 0 saturated heterocycles. The fourth-order valence-electron chi connectivity index (χ4n) is 1.16. The summed E-state index contributed by atoms with van der Waals surface area (Å²) in [5.74, 6) is 0.477. The van der Waals surface area contributed by atoms with E-state index in [0.29, 0.717) is 31.8 Å². The topological polar surface area (TPSA) is 58.2 Å². The van der Waals surface area contributed by atoms with Crippen LogP contribution in [0.4, 0.5) is 0 Å². The van der Waals surface area contributed by atoms with E-state index in [-0.39, 0.29) is 14.7 Å². The van der Waals surface area contributed by atoms with Crippen LogP contribution < -0.4 is 10.6 Å². The molecule has 0 aromatic rings. The molecule has 0 aliphatic heterocycles. The molecular formula is C11H26N2O2. The summed E-state index contributed by atoms with van der Waals surface area (Å²) in [6, 6.07) is 0. The van der Waals surface area contributed by atoms with E-state index in [9.17, 15) is 9.59 Å². The quantitative estimate of drug-likeness (QED) is 0.637. The van der Waals surface area contributed by atoms with Gasteiger partial charge in [-0.05, 0) is 12.3 Å². The molecule has 0 bridgehead atoms. The molecule has 0 aromatic heterocycles. The summed E-state index contributed by atoms with van der Waals surface area (Å²) in [6.07, 6.45) is 1.95. The maximum absolute atomic E-state index is 11.2. The number of nitrogens with one attached hydrogen (secondary N) is 2. The zero-order valence-corrected chi connectivity index (χ0v) is 9.93. The fourth-order valence-corrected chi connectivity index (χ4v) is 1.16. The van der Waals surface area contributed by atoms with Crippen molar-refractivity contribution in [2.75, 3.05) is 13.1 Å². The fraction of sp³-hybridized carbons (Fsp3) is 0.818. The molecule has 0 saturated carbocycles. The van der Waals surface area contributed by atoms with Gasteiger partial charge in [0.2, 0.25) is 11.8 Å². The highest BCUT2D eigenvalue weighted by Gasteiger charge is 2.03. The molecule has 0 aromatic carbocycles. The molecule has 0 spiro atoms. The summed E-state index contributed by atoms with van der Waals surface area (Å²) in [6.45, 7) is 7.00. The first kappa shape index (κ1) is 13.9. The molecule has 0 aliphatic rings. The molecule has 0 atom stereocenters. The first-order valence-electron chi connectivity index (χ1n) is 5.59. The van der Waals surface area contributed by atoms with Gasteiger partial charge in [0.15, 0.2) is 0 Å². The molecule has 0 rings (SSSR count). The molecule has 0 unspecified atom stereocenters. The van der Waals surface area contributed by atoms with Crippen molar-refractivity contribution in [1.82, 2.24) is 10.6 Å². The third kappa shape index (κ3) is 9.25. The molecule has 2 amide bonds. The van der Waals surface area contributed by atoms with Gasteiger partial charge in [0.05, 0.1) is 0 Å². The lowest BCUT2D eigenvalue weighted by molar-refractivity contribution is -0.123. The molecule has 92 valence electrons. The van der Waals surface area contributed by atoms with Gasteiger partial charge < -0.3 is 10.6 Å². The summed E-state index contributed by atoms with van der Waals surface area (Å²) >= 11 is 0. The van der Waals surface area contributed by atoms with Crippen molar-refractivity contribution in [3.8, 4) is 0 Å². The number of rotatable bonds is 7. The predicted molar refractivity (Wildman–Crippen MR) is 64.6 cm³/mol. The third-order valence-electron chi connectivity index (χ3n) is 1.84. The van der Waals surface area contributed by atoms with Gasteiger partial charge in [0, 0.05) is 28.8 Å². The van der Waals surface area contributed by atoms with Crippen LogP contribution in [0, 0.1) is 5.92 Å². The van der Waals surface area contributed by atoms with Crippen molar-refractivity contribution in [3.63, 3.8) is 0 Å². The second-order valence-electron chi connectivity index (χ2n) is 4.05. The summed E-state index contributed by atoms with van der Waals surface area (Å²) in [5.41, 5.74) is 0. The van der Waals surface area contributed by atoms with E-state index >= 15 is 0 Å². The molecule has 4 nitrogen and oxygen atoms in total. The molecule has 4 heteroatoms. The SMILES string of the molecule is CCCC(=O)NCCNC(=O)CC(C)C.[HH].[HH]. The largest absolute Gasteiger partial charge is 0.354 e. The van der Waals surface area contributed by atoms with E-state index in [1.807, 2.05) is 20.8 Å². The van der Waals surface area contributed by atoms with Crippen LogP contribution in [0.2, 0.25) is 0 Å². The van der Waals surface area contributed by atoms with Crippen LogP contribution in [0.25, 0.3) is 0 Å². The number of hydrogen-bond acceptors (Lipinski definition) is 2. The Hall–Kier alpha value is -1.06. The Labute approximate surface area is 94.8 Å². The van der Waals surface area contributed by atoms with Crippen molar-refractivity contribution in [2.45, 2.75) is 40.0 Å². The van der Waals surface area contributed by atoms with Crippen molar-refractivity contribution in [2.24, 2.45) is 5.92 Å². The van der Waals surface area contributed by atoms with Gasteiger partial charge in [0.25, 0.3) is 0 Å². The standard InChI is InChI=1S/C11H22N2O2.2H2/c1-4-5-10(14)12-6-7-13-11(15)8-9(2)3;;/h9H,4-8H2,1-3H3,(H,12,14)(H,13,15);2*1H. The summed E-state index contributed by atoms with van der Waals surface area (Å²) in [4.78, 5) is 22.2. The normalized spacial score (nSPS) is 10.1. The molecule has 0 aliphatic carbocycles. The van der Waals surface area contributed by atoms with Gasteiger partial charge in [0.1, 0.15) is 0 Å². The first-order chi connectivity index (χ1) is 7.06. The molecule has 15 heavy (non-hydrogen) atoms. The van der Waals surface area contributed by atoms with Crippen molar-refractivity contribution < 1.29 is 12.4 Å². The van der Waals surface area contributed by atoms with E-state index < -0.39 is 0 Å². The van der Waals surface area contributed by atoms with Crippen molar-refractivity contribution in [3.05, 3.63) is 0 Å². The van der Waals surface area contributed by atoms with Crippen LogP contribution >= 0.6 is 0 Å². The minimum Gasteiger partial charge on any atom is -0.354 e. The average Bonchev–Trinajstić information content (AvgIpc) is 2.12. The zero-order chi connectivity index (χ0) is 11.7. The van der Waals surface area contributed by atoms with E-state index in [2.05, 4.69) is 10.6 Å². The minimum absolute atomic E-state index is 0. The van der Waals surface area contributed by atoms with E-state index in [4.69, 9.17) is 0 Å². The first-order valence-corrected chi connectivity index (χ1v) is 5.59. The van der Waals surface area contributed by atoms with Crippen molar-refractivity contribution >= 4 is 11.8 Å². The molecule has 2 N–H and O–H groups in total. The van der Waals surface area contributed by atoms with Crippen molar-refractivity contribution in [1.29, 1.82) is 0 Å². The molecule has 0 fully saturated rings. The average molecular weight is 218 g/mol. The molecular weight excluding hydrogens is 192 g/mol. The Morgan fingerprint density at radius 3 is 2.13 bits per heavy atom. The smallest absolute Gasteiger partial charge is 0.220 e. The lowest BCUT2D eigenvalue weighted by Gasteiger charge is -2.07. The summed E-state index contributed by atoms with van der Waals surface area (Å²) in [7, 11) is 0. The summed E-state index contributed by atoms with van der Waals surface area (Å²) in [5, 5.41) is 5.50. The van der Waals surface area contributed by atoms with Gasteiger partial charge in [-0.25, -0.2) is 0 Å². The second kappa shape index (κ2) is 8.26. The van der Waals surface area contributed by atoms with Crippen LogP contribution in [0.5, 0.6) is 0 Å². The minimum atomic E-state index is 0. The van der Waals surface area contributed by atoms with Gasteiger partial charge in [-0.2, -0.15) is 0 Å². The highest BCUT2D eigenvalue weighted by Crippen LogP contribution is 1.97. The Morgan fingerprint density at radius 2 is 1.67 bits per heavy atom. The van der Waals surface area contributed by atoms with Gasteiger partial charge in [-0.15, -0.1) is 0 Å². The van der Waals surface area contributed by atoms with Crippen LogP contribution in [-0.2, 0) is 9.59 Å². The van der Waals surface area contributed by atoms with Crippen LogP contribution in [0.3, 0.4) is 0 Å². The Balaban J connectivity index is -0.000000980. The van der Waals surface area contributed by atoms with E-state index in [0.717, 1.165) is 6.42 Å². The highest BCUT2D eigenvalue weighted by molar-refractivity contribution is 5.77. The molecule has 0 heterocycles. The van der Waals surface area contributed by atoms with Gasteiger partial charge in [-0.3, -0.25) is 9.59 Å². The Kier molecular flexibility index (Phi) is 7.68. The summed E-state index contributed by atoms with van der Waals surface area (Å²) < 4.78 is 0.